The molecule has 0 fully saturated rings. The number of hydrogen-bond donors (Lipinski definition) is 1. The van der Waals surface area contributed by atoms with Crippen LogP contribution in [-0.4, -0.2) is 21.2 Å². The third-order valence-corrected chi connectivity index (χ3v) is 1.87. The Balaban J connectivity index is 0.000000845. The first-order valence-corrected chi connectivity index (χ1v) is 3.63. The standard InChI is InChI=1S/C7H4ClN3O.CH4/c8-6-5-4(2-12)1-9-7(5)11-3-10-6;/h1-3H,(H,9,10,11);1H4. The van der Waals surface area contributed by atoms with Crippen LogP contribution in [0.25, 0.3) is 11.0 Å². The van der Waals surface area contributed by atoms with E-state index in [2.05, 4.69) is 15.0 Å². The number of aromatic amines is 1. The number of rotatable bonds is 1. The summed E-state index contributed by atoms with van der Waals surface area (Å²) in [6.45, 7) is 0. The fourth-order valence-corrected chi connectivity index (χ4v) is 1.28. The number of carbonyl (C=O) groups excluding carboxylic acids is 1. The van der Waals surface area contributed by atoms with E-state index in [0.29, 0.717) is 28.0 Å². The minimum absolute atomic E-state index is 0. The number of nitrogens with one attached hydrogen (secondary N) is 1. The summed E-state index contributed by atoms with van der Waals surface area (Å²) in [7, 11) is 0. The highest BCUT2D eigenvalue weighted by Gasteiger charge is 2.07. The van der Waals surface area contributed by atoms with Crippen molar-refractivity contribution in [3.63, 3.8) is 0 Å². The molecule has 0 aliphatic carbocycles. The Bertz CT molecular complexity index is 438. The van der Waals surface area contributed by atoms with E-state index in [1.165, 1.54) is 6.33 Å². The van der Waals surface area contributed by atoms with Crippen molar-refractivity contribution in [1.29, 1.82) is 0 Å². The molecule has 2 aromatic rings. The van der Waals surface area contributed by atoms with Crippen molar-refractivity contribution in [2.45, 2.75) is 7.43 Å². The van der Waals surface area contributed by atoms with Crippen molar-refractivity contribution >= 4 is 28.9 Å². The Labute approximate surface area is 80.0 Å². The van der Waals surface area contributed by atoms with Crippen molar-refractivity contribution in [3.8, 4) is 0 Å². The molecule has 0 aromatic carbocycles. The lowest BCUT2D eigenvalue weighted by molar-refractivity contribution is 0.112. The van der Waals surface area contributed by atoms with E-state index in [-0.39, 0.29) is 7.43 Å². The first-order valence-electron chi connectivity index (χ1n) is 3.25. The van der Waals surface area contributed by atoms with Gasteiger partial charge in [0.05, 0.1) is 5.39 Å². The fraction of sp³-hybridized carbons (Fsp3) is 0.125. The van der Waals surface area contributed by atoms with E-state index >= 15 is 0 Å². The van der Waals surface area contributed by atoms with Crippen LogP contribution in [0, 0.1) is 0 Å². The molecular weight excluding hydrogens is 190 g/mol. The second kappa shape index (κ2) is 3.53. The molecule has 0 aliphatic rings. The summed E-state index contributed by atoms with van der Waals surface area (Å²) in [5.41, 5.74) is 1.06. The van der Waals surface area contributed by atoms with Gasteiger partial charge < -0.3 is 4.98 Å². The molecule has 0 aliphatic heterocycles. The zero-order valence-electron chi connectivity index (χ0n) is 5.91. The molecule has 68 valence electrons. The molecule has 2 rings (SSSR count). The Hall–Kier alpha value is -1.42. The van der Waals surface area contributed by atoms with Gasteiger partial charge in [-0.3, -0.25) is 4.79 Å². The van der Waals surface area contributed by atoms with E-state index in [1.54, 1.807) is 6.20 Å². The topological polar surface area (TPSA) is 58.6 Å². The van der Waals surface area contributed by atoms with Crippen molar-refractivity contribution in [2.75, 3.05) is 0 Å². The summed E-state index contributed by atoms with van der Waals surface area (Å²) in [6.07, 6.45) is 3.61. The minimum atomic E-state index is 0. The van der Waals surface area contributed by atoms with Crippen LogP contribution in [0.5, 0.6) is 0 Å². The summed E-state index contributed by atoms with van der Waals surface area (Å²) in [5, 5.41) is 0.873. The van der Waals surface area contributed by atoms with Crippen LogP contribution < -0.4 is 0 Å². The quantitative estimate of drug-likeness (QED) is 0.562. The van der Waals surface area contributed by atoms with Gasteiger partial charge >= 0.3 is 0 Å². The normalized spacial score (nSPS) is 9.62. The van der Waals surface area contributed by atoms with Gasteiger partial charge in [-0.2, -0.15) is 0 Å². The summed E-state index contributed by atoms with van der Waals surface area (Å²) in [5.74, 6) is 0. The van der Waals surface area contributed by atoms with Gasteiger partial charge in [-0.05, 0) is 0 Å². The summed E-state index contributed by atoms with van der Waals surface area (Å²) >= 11 is 5.75. The van der Waals surface area contributed by atoms with E-state index in [1.807, 2.05) is 0 Å². The molecule has 0 saturated heterocycles. The third-order valence-electron chi connectivity index (χ3n) is 1.58. The maximum atomic E-state index is 10.5. The second-order valence-electron chi connectivity index (χ2n) is 2.25. The van der Waals surface area contributed by atoms with Gasteiger partial charge in [0.2, 0.25) is 0 Å². The molecular formula is C8H8ClN3O. The fourth-order valence-electron chi connectivity index (χ4n) is 1.04. The number of aromatic nitrogens is 3. The number of carbonyl (C=O) groups is 1. The number of H-pyrrole nitrogens is 1. The monoisotopic (exact) mass is 197 g/mol. The Morgan fingerprint density at radius 1 is 1.46 bits per heavy atom. The number of nitrogens with zero attached hydrogens (tertiary/aromatic N) is 2. The van der Waals surface area contributed by atoms with Gasteiger partial charge in [-0.15, -0.1) is 0 Å². The Morgan fingerprint density at radius 2 is 2.23 bits per heavy atom. The molecule has 2 aromatic heterocycles. The molecule has 0 saturated carbocycles. The zero-order chi connectivity index (χ0) is 8.55. The largest absolute Gasteiger partial charge is 0.345 e. The average Bonchev–Trinajstić information content (AvgIpc) is 2.49. The lowest BCUT2D eigenvalue weighted by Gasteiger charge is -1.90. The predicted molar refractivity (Wildman–Crippen MR) is 51.0 cm³/mol. The smallest absolute Gasteiger partial charge is 0.152 e. The van der Waals surface area contributed by atoms with Gasteiger partial charge in [-0.25, -0.2) is 9.97 Å². The summed E-state index contributed by atoms with van der Waals surface area (Å²) < 4.78 is 0. The highest BCUT2D eigenvalue weighted by atomic mass is 35.5. The second-order valence-corrected chi connectivity index (χ2v) is 2.61. The molecule has 0 amide bonds. The van der Waals surface area contributed by atoms with Crippen LogP contribution in [0.15, 0.2) is 12.5 Å². The van der Waals surface area contributed by atoms with E-state index < -0.39 is 0 Å². The maximum absolute atomic E-state index is 10.5. The molecule has 0 spiro atoms. The van der Waals surface area contributed by atoms with E-state index in [9.17, 15) is 4.79 Å². The summed E-state index contributed by atoms with van der Waals surface area (Å²) in [6, 6.07) is 0. The van der Waals surface area contributed by atoms with Crippen LogP contribution in [-0.2, 0) is 0 Å². The average molecular weight is 198 g/mol. The Kier molecular flexibility index (Phi) is 2.63. The van der Waals surface area contributed by atoms with E-state index in [4.69, 9.17) is 11.6 Å². The molecule has 2 heterocycles. The van der Waals surface area contributed by atoms with E-state index in [0.717, 1.165) is 0 Å². The highest BCUT2D eigenvalue weighted by molar-refractivity contribution is 6.34. The van der Waals surface area contributed by atoms with Crippen molar-refractivity contribution < 1.29 is 4.79 Å². The molecule has 4 nitrogen and oxygen atoms in total. The van der Waals surface area contributed by atoms with Crippen molar-refractivity contribution in [2.24, 2.45) is 0 Å². The van der Waals surface area contributed by atoms with Gasteiger partial charge in [-0.1, -0.05) is 19.0 Å². The molecule has 0 radical (unpaired) electrons. The lowest BCUT2D eigenvalue weighted by atomic mass is 10.3. The molecule has 5 heteroatoms. The predicted octanol–water partition coefficient (Wildman–Crippen LogP) is 2.06. The first kappa shape index (κ1) is 9.67. The van der Waals surface area contributed by atoms with Crippen molar-refractivity contribution in [3.05, 3.63) is 23.2 Å². The SMILES string of the molecule is C.O=Cc1c[nH]c2ncnc(Cl)c12. The highest BCUT2D eigenvalue weighted by Crippen LogP contribution is 2.20. The molecule has 13 heavy (non-hydrogen) atoms. The number of halogens is 1. The van der Waals surface area contributed by atoms with Gasteiger partial charge in [0, 0.05) is 11.8 Å². The first-order chi connectivity index (χ1) is 5.83. The van der Waals surface area contributed by atoms with Crippen molar-refractivity contribution in [1.82, 2.24) is 15.0 Å². The van der Waals surface area contributed by atoms with Crippen LogP contribution in [0.3, 0.4) is 0 Å². The maximum Gasteiger partial charge on any atom is 0.152 e. The number of hydrogen-bond acceptors (Lipinski definition) is 3. The molecule has 0 bridgehead atoms. The zero-order valence-corrected chi connectivity index (χ0v) is 6.67. The van der Waals surface area contributed by atoms with Gasteiger partial charge in [0.25, 0.3) is 0 Å². The molecule has 1 N–H and O–H groups in total. The van der Waals surface area contributed by atoms with Crippen LogP contribution in [0.2, 0.25) is 5.15 Å². The van der Waals surface area contributed by atoms with Crippen LogP contribution in [0.1, 0.15) is 17.8 Å². The Morgan fingerprint density at radius 3 is 2.92 bits per heavy atom. The number of aldehydes is 1. The van der Waals surface area contributed by atoms with Gasteiger partial charge in [0.1, 0.15) is 17.1 Å². The lowest BCUT2D eigenvalue weighted by Crippen LogP contribution is -1.82. The molecule has 0 atom stereocenters. The van der Waals surface area contributed by atoms with Crippen LogP contribution >= 0.6 is 11.6 Å². The van der Waals surface area contributed by atoms with Gasteiger partial charge in [0.15, 0.2) is 6.29 Å². The van der Waals surface area contributed by atoms with Crippen LogP contribution in [0.4, 0.5) is 0 Å². The number of fused-ring (bicyclic) bond motifs is 1. The minimum Gasteiger partial charge on any atom is -0.345 e. The molecule has 0 unspecified atom stereocenters. The third kappa shape index (κ3) is 1.40. The summed E-state index contributed by atoms with van der Waals surface area (Å²) in [4.78, 5) is 21.0.